The summed E-state index contributed by atoms with van der Waals surface area (Å²) in [6.45, 7) is 35.5. The van der Waals surface area contributed by atoms with E-state index in [-0.39, 0.29) is 33.8 Å². The van der Waals surface area contributed by atoms with E-state index in [9.17, 15) is 0 Å². The number of anilines is 9. The minimum absolute atomic E-state index is 0.0123. The van der Waals surface area contributed by atoms with Crippen molar-refractivity contribution in [1.29, 1.82) is 0 Å². The number of benzene rings is 7. The fourth-order valence-corrected chi connectivity index (χ4v) is 13.2. The topological polar surface area (TPSA) is 9.72 Å². The molecule has 366 valence electrons. The van der Waals surface area contributed by atoms with Crippen molar-refractivity contribution in [3.8, 4) is 0 Å². The number of nitrogens with zero attached hydrogens (tertiary/aromatic N) is 3. The van der Waals surface area contributed by atoms with E-state index in [0.717, 1.165) is 29.9 Å². The second-order valence-corrected chi connectivity index (χ2v) is 27.0. The molecule has 7 aromatic carbocycles. The average molecular weight is 964 g/mol. The third kappa shape index (κ3) is 8.01. The molecule has 1 aliphatic carbocycles. The van der Waals surface area contributed by atoms with Gasteiger partial charge in [0.05, 0.1) is 10.7 Å². The van der Waals surface area contributed by atoms with Gasteiger partial charge in [-0.15, -0.1) is 11.3 Å². The highest BCUT2D eigenvalue weighted by molar-refractivity contribution is 7.26. The van der Waals surface area contributed by atoms with E-state index >= 15 is 0 Å². The summed E-state index contributed by atoms with van der Waals surface area (Å²) >= 11 is 1.96. The molecule has 11 rings (SSSR count). The van der Waals surface area contributed by atoms with Crippen molar-refractivity contribution in [3.05, 3.63) is 179 Å². The number of hydrogen-bond donors (Lipinski definition) is 0. The molecule has 0 saturated carbocycles. The van der Waals surface area contributed by atoms with Crippen molar-refractivity contribution in [1.82, 2.24) is 0 Å². The molecule has 0 unspecified atom stereocenters. The Bertz CT molecular complexity index is 3370. The van der Waals surface area contributed by atoms with Crippen LogP contribution >= 0.6 is 11.3 Å². The third-order valence-corrected chi connectivity index (χ3v) is 17.8. The lowest BCUT2D eigenvalue weighted by molar-refractivity contribution is 0.332. The number of rotatable bonds is 6. The first-order valence-corrected chi connectivity index (χ1v) is 27.4. The molecule has 3 nitrogen and oxygen atoms in total. The molecule has 1 aromatic heterocycles. The molecule has 5 heteroatoms. The molecule has 0 N–H and O–H groups in total. The predicted octanol–water partition coefficient (Wildman–Crippen LogP) is 17.8. The Morgan fingerprint density at radius 2 is 1.00 bits per heavy atom. The van der Waals surface area contributed by atoms with Crippen LogP contribution in [0.15, 0.2) is 146 Å². The van der Waals surface area contributed by atoms with Crippen molar-refractivity contribution in [2.45, 2.75) is 150 Å². The van der Waals surface area contributed by atoms with Gasteiger partial charge in [0.1, 0.15) is 0 Å². The Balaban J connectivity index is 1.31. The summed E-state index contributed by atoms with van der Waals surface area (Å²) < 4.78 is 1.33. The van der Waals surface area contributed by atoms with Gasteiger partial charge in [-0.25, -0.2) is 0 Å². The van der Waals surface area contributed by atoms with Gasteiger partial charge in [0, 0.05) is 44.5 Å². The Labute approximate surface area is 436 Å². The third-order valence-electron chi connectivity index (χ3n) is 16.6. The predicted molar refractivity (Wildman–Crippen MR) is 316 cm³/mol. The lowest BCUT2D eigenvalue weighted by Gasteiger charge is -2.47. The molecular formula is C67H74BN3S. The van der Waals surface area contributed by atoms with Crippen molar-refractivity contribution in [2.24, 2.45) is 0 Å². The number of fused-ring (bicyclic) bond motifs is 7. The fraction of sp³-hybridized carbons (Fsp3) is 0.343. The second-order valence-electron chi connectivity index (χ2n) is 26.0. The maximum absolute atomic E-state index is 2.69. The Kier molecular flexibility index (Phi) is 11.2. The maximum atomic E-state index is 2.69. The van der Waals surface area contributed by atoms with Crippen molar-refractivity contribution >= 4 is 95.0 Å². The monoisotopic (exact) mass is 964 g/mol. The van der Waals surface area contributed by atoms with E-state index in [1.54, 1.807) is 0 Å². The Hall–Kier alpha value is -6.04. The summed E-state index contributed by atoms with van der Waals surface area (Å²) in [5.41, 5.74) is 22.1. The normalized spacial score (nSPS) is 15.9. The molecule has 3 heterocycles. The molecule has 2 aliphatic heterocycles. The van der Waals surface area contributed by atoms with E-state index in [4.69, 9.17) is 0 Å². The second kappa shape index (κ2) is 16.8. The SMILES string of the molecule is CC(C)c1ccc(N(c2ccccc2)c2cc3c4c(c2)N(c2ccc(C(C)(C)C)cc2)c2sc5ccc(C(C)(C)C)cc5c2B4c2cc4c(cc2N3c2ccc(C(C)(C)C)cc2)C(C)(C)CCC4(C)C)cc1. The molecule has 0 radical (unpaired) electrons. The molecule has 3 aliphatic rings. The van der Waals surface area contributed by atoms with Gasteiger partial charge in [0.2, 0.25) is 0 Å². The van der Waals surface area contributed by atoms with Crippen LogP contribution in [0.2, 0.25) is 0 Å². The van der Waals surface area contributed by atoms with Crippen LogP contribution in [0.3, 0.4) is 0 Å². The molecule has 0 atom stereocenters. The van der Waals surface area contributed by atoms with Gasteiger partial charge in [-0.2, -0.15) is 0 Å². The zero-order valence-electron chi connectivity index (χ0n) is 45.7. The average Bonchev–Trinajstić information content (AvgIpc) is 3.71. The number of hydrogen-bond acceptors (Lipinski definition) is 4. The summed E-state index contributed by atoms with van der Waals surface area (Å²) in [6, 6.07) is 57.0. The van der Waals surface area contributed by atoms with Crippen molar-refractivity contribution < 1.29 is 0 Å². The molecule has 0 spiro atoms. The summed E-state index contributed by atoms with van der Waals surface area (Å²) in [5.74, 6) is 0.433. The highest BCUT2D eigenvalue weighted by atomic mass is 32.1. The minimum atomic E-state index is -0.0187. The zero-order chi connectivity index (χ0) is 51.0. The lowest BCUT2D eigenvalue weighted by Crippen LogP contribution is -2.61. The van der Waals surface area contributed by atoms with Crippen LogP contribution in [0.1, 0.15) is 156 Å². The first-order chi connectivity index (χ1) is 33.9. The lowest BCUT2D eigenvalue weighted by atomic mass is 9.33. The molecular weight excluding hydrogens is 890 g/mol. The highest BCUT2D eigenvalue weighted by Gasteiger charge is 2.48. The molecule has 72 heavy (non-hydrogen) atoms. The number of thiophene rings is 1. The molecule has 0 amide bonds. The molecule has 0 fully saturated rings. The van der Waals surface area contributed by atoms with Crippen LogP contribution in [-0.2, 0) is 27.1 Å². The number of para-hydroxylation sites is 1. The van der Waals surface area contributed by atoms with Crippen molar-refractivity contribution in [3.63, 3.8) is 0 Å². The summed E-state index contributed by atoms with van der Waals surface area (Å²) in [6.07, 6.45) is 2.31. The summed E-state index contributed by atoms with van der Waals surface area (Å²) in [4.78, 5) is 7.79. The zero-order valence-corrected chi connectivity index (χ0v) is 46.5. The van der Waals surface area contributed by atoms with Crippen LogP contribution < -0.4 is 31.1 Å². The van der Waals surface area contributed by atoms with Gasteiger partial charge in [-0.3, -0.25) is 0 Å². The van der Waals surface area contributed by atoms with Gasteiger partial charge < -0.3 is 14.7 Å². The first kappa shape index (κ1) is 48.2. The van der Waals surface area contributed by atoms with Gasteiger partial charge in [-0.05, 0) is 174 Å². The van der Waals surface area contributed by atoms with E-state index in [2.05, 4.69) is 264 Å². The molecule has 8 aromatic rings. The van der Waals surface area contributed by atoms with Crippen LogP contribution in [-0.4, -0.2) is 6.71 Å². The molecule has 0 saturated heterocycles. The Morgan fingerprint density at radius 1 is 0.500 bits per heavy atom. The van der Waals surface area contributed by atoms with E-state index in [1.165, 1.54) is 93.3 Å². The van der Waals surface area contributed by atoms with Crippen LogP contribution in [0.25, 0.3) is 10.1 Å². The van der Waals surface area contributed by atoms with Gasteiger partial charge in [0.25, 0.3) is 6.71 Å². The largest absolute Gasteiger partial charge is 0.311 e. The fourth-order valence-electron chi connectivity index (χ4n) is 11.9. The van der Waals surface area contributed by atoms with Gasteiger partial charge >= 0.3 is 0 Å². The van der Waals surface area contributed by atoms with E-state index < -0.39 is 0 Å². The van der Waals surface area contributed by atoms with Gasteiger partial charge in [-0.1, -0.05) is 177 Å². The maximum Gasteiger partial charge on any atom is 0.254 e. The van der Waals surface area contributed by atoms with Crippen LogP contribution in [0, 0.1) is 0 Å². The smallest absolute Gasteiger partial charge is 0.254 e. The standard InChI is InChI=1S/C67H74BN3S/c1-42(2)43-21-28-48(29-22-43)69(47-19-17-16-18-20-47)51-38-57-61-58(39-51)71(50-32-25-45(26-33-50)64(6,7)8)62-60(52-37-46(65(9,10)11)27-34-59(52)72-62)68(61)55-40-53-54(67(14,15)36-35-66(53,12)13)41-56(55)70(57)49-30-23-44(24-31-49)63(3,4)5/h16-34,37-42H,35-36H2,1-15H3. The quantitative estimate of drug-likeness (QED) is 0.154. The van der Waals surface area contributed by atoms with Crippen LogP contribution in [0.4, 0.5) is 50.5 Å². The van der Waals surface area contributed by atoms with Crippen LogP contribution in [0.5, 0.6) is 0 Å². The Morgan fingerprint density at radius 3 is 1.54 bits per heavy atom. The minimum Gasteiger partial charge on any atom is -0.311 e. The van der Waals surface area contributed by atoms with Gasteiger partial charge in [0.15, 0.2) is 0 Å². The highest BCUT2D eigenvalue weighted by Crippen LogP contribution is 2.54. The summed E-state index contributed by atoms with van der Waals surface area (Å²) in [7, 11) is 0. The van der Waals surface area contributed by atoms with Crippen molar-refractivity contribution in [2.75, 3.05) is 14.7 Å². The van der Waals surface area contributed by atoms with E-state index in [0.29, 0.717) is 5.92 Å². The first-order valence-electron chi connectivity index (χ1n) is 26.6. The van der Waals surface area contributed by atoms with E-state index in [1.807, 2.05) is 11.3 Å². The molecule has 0 bridgehead atoms. The summed E-state index contributed by atoms with van der Waals surface area (Å²) in [5, 5.41) is 2.67.